The van der Waals surface area contributed by atoms with E-state index in [0.717, 1.165) is 19.4 Å². The summed E-state index contributed by atoms with van der Waals surface area (Å²) in [5, 5.41) is 10.6. The first kappa shape index (κ1) is 14.3. The molecule has 106 valence electrons. The lowest BCUT2D eigenvalue weighted by atomic mass is 9.87. The van der Waals surface area contributed by atoms with Crippen LogP contribution in [0.3, 0.4) is 0 Å². The monoisotopic (exact) mass is 282 g/mol. The predicted molar refractivity (Wildman–Crippen MR) is 77.3 cm³/mol. The topological polar surface area (TPSA) is 50.4 Å². The van der Waals surface area contributed by atoms with Gasteiger partial charge in [0.2, 0.25) is 0 Å². The standard InChI is InChI=1S/C14H22N2O2S/c1-14(2,3)18-13(17)16-12-6-11(7-12)15-8-10-4-5-19-9-10/h4-5,9,11-12,15H,6-8H2,1-3H3,(H,16,17). The molecule has 2 N–H and O–H groups in total. The molecule has 1 aromatic heterocycles. The number of hydrogen-bond donors (Lipinski definition) is 2. The van der Waals surface area contributed by atoms with Gasteiger partial charge in [0.15, 0.2) is 0 Å². The van der Waals surface area contributed by atoms with E-state index in [1.807, 2.05) is 20.8 Å². The number of ether oxygens (including phenoxy) is 1. The lowest BCUT2D eigenvalue weighted by Crippen LogP contribution is -2.52. The first-order chi connectivity index (χ1) is 8.92. The summed E-state index contributed by atoms with van der Waals surface area (Å²) >= 11 is 1.72. The van der Waals surface area contributed by atoms with Crippen LogP contribution < -0.4 is 10.6 Å². The molecule has 0 unspecified atom stereocenters. The van der Waals surface area contributed by atoms with Gasteiger partial charge in [-0.05, 0) is 56.0 Å². The fourth-order valence-corrected chi connectivity index (χ4v) is 2.70. The minimum atomic E-state index is -0.426. The molecule has 1 amide bonds. The molecule has 2 rings (SSSR count). The van der Waals surface area contributed by atoms with Crippen LogP contribution in [0.4, 0.5) is 4.79 Å². The summed E-state index contributed by atoms with van der Waals surface area (Å²) in [6.45, 7) is 6.53. The Balaban J connectivity index is 1.60. The third-order valence-corrected chi connectivity index (χ3v) is 3.77. The molecule has 19 heavy (non-hydrogen) atoms. The van der Waals surface area contributed by atoms with Crippen molar-refractivity contribution in [3.05, 3.63) is 22.4 Å². The highest BCUT2D eigenvalue weighted by Gasteiger charge is 2.31. The van der Waals surface area contributed by atoms with Crippen LogP contribution in [0.25, 0.3) is 0 Å². The summed E-state index contributed by atoms with van der Waals surface area (Å²) in [4.78, 5) is 11.6. The molecule has 0 atom stereocenters. The molecule has 5 heteroatoms. The van der Waals surface area contributed by atoms with Crippen molar-refractivity contribution in [3.8, 4) is 0 Å². The first-order valence-electron chi connectivity index (χ1n) is 6.66. The summed E-state index contributed by atoms with van der Waals surface area (Å²) in [6.07, 6.45) is 1.64. The van der Waals surface area contributed by atoms with Crippen molar-refractivity contribution in [3.63, 3.8) is 0 Å². The maximum atomic E-state index is 11.6. The summed E-state index contributed by atoms with van der Waals surface area (Å²) < 4.78 is 5.23. The Kier molecular flexibility index (Phi) is 4.47. The molecule has 1 fully saturated rings. The molecule has 0 aromatic carbocycles. The Labute approximate surface area is 118 Å². The fraction of sp³-hybridized carbons (Fsp3) is 0.643. The van der Waals surface area contributed by atoms with Crippen LogP contribution in [-0.2, 0) is 11.3 Å². The normalized spacial score (nSPS) is 22.7. The van der Waals surface area contributed by atoms with E-state index in [-0.39, 0.29) is 12.1 Å². The molecule has 1 heterocycles. The van der Waals surface area contributed by atoms with Gasteiger partial charge >= 0.3 is 6.09 Å². The van der Waals surface area contributed by atoms with Gasteiger partial charge in [0.25, 0.3) is 0 Å². The predicted octanol–water partition coefficient (Wildman–Crippen LogP) is 2.89. The second-order valence-electron chi connectivity index (χ2n) is 6.02. The van der Waals surface area contributed by atoms with Crippen molar-refractivity contribution in [1.29, 1.82) is 0 Å². The van der Waals surface area contributed by atoms with Crippen LogP contribution in [0.5, 0.6) is 0 Å². The van der Waals surface area contributed by atoms with Crippen molar-refractivity contribution < 1.29 is 9.53 Å². The molecule has 1 aromatic rings. The average Bonchev–Trinajstić information content (AvgIpc) is 2.71. The van der Waals surface area contributed by atoms with Gasteiger partial charge in [0, 0.05) is 18.6 Å². The number of hydrogen-bond acceptors (Lipinski definition) is 4. The zero-order chi connectivity index (χ0) is 13.9. The summed E-state index contributed by atoms with van der Waals surface area (Å²) in [5.41, 5.74) is 0.901. The molecule has 0 spiro atoms. The summed E-state index contributed by atoms with van der Waals surface area (Å²) in [5.74, 6) is 0. The van der Waals surface area contributed by atoms with Crippen LogP contribution in [0.1, 0.15) is 39.2 Å². The highest BCUT2D eigenvalue weighted by atomic mass is 32.1. The Hall–Kier alpha value is -1.07. The van der Waals surface area contributed by atoms with Crippen molar-refractivity contribution >= 4 is 17.4 Å². The van der Waals surface area contributed by atoms with Crippen LogP contribution in [0.2, 0.25) is 0 Å². The fourth-order valence-electron chi connectivity index (χ4n) is 2.03. The molecule has 0 aliphatic heterocycles. The van der Waals surface area contributed by atoms with E-state index in [4.69, 9.17) is 4.74 Å². The van der Waals surface area contributed by atoms with Crippen molar-refractivity contribution in [2.75, 3.05) is 0 Å². The minimum Gasteiger partial charge on any atom is -0.444 e. The van der Waals surface area contributed by atoms with E-state index >= 15 is 0 Å². The SMILES string of the molecule is CC(C)(C)OC(=O)NC1CC(NCc2ccsc2)C1. The second-order valence-corrected chi connectivity index (χ2v) is 6.80. The molecule has 0 saturated heterocycles. The average molecular weight is 282 g/mol. The Morgan fingerprint density at radius 2 is 2.16 bits per heavy atom. The van der Waals surface area contributed by atoms with Crippen LogP contribution in [-0.4, -0.2) is 23.8 Å². The van der Waals surface area contributed by atoms with Gasteiger partial charge in [-0.25, -0.2) is 4.79 Å². The molecule has 1 saturated carbocycles. The van der Waals surface area contributed by atoms with Crippen molar-refractivity contribution in [2.45, 2.75) is 57.8 Å². The lowest BCUT2D eigenvalue weighted by molar-refractivity contribution is 0.0465. The number of nitrogens with one attached hydrogen (secondary N) is 2. The largest absolute Gasteiger partial charge is 0.444 e. The molecule has 0 radical (unpaired) electrons. The van der Waals surface area contributed by atoms with E-state index in [2.05, 4.69) is 27.5 Å². The Morgan fingerprint density at radius 3 is 2.74 bits per heavy atom. The molecule has 4 nitrogen and oxygen atoms in total. The Bertz CT molecular complexity index is 406. The van der Waals surface area contributed by atoms with Crippen molar-refractivity contribution in [2.24, 2.45) is 0 Å². The van der Waals surface area contributed by atoms with E-state index < -0.39 is 5.60 Å². The molecule has 1 aliphatic rings. The maximum absolute atomic E-state index is 11.6. The highest BCUT2D eigenvalue weighted by Crippen LogP contribution is 2.21. The van der Waals surface area contributed by atoms with Gasteiger partial charge in [-0.3, -0.25) is 0 Å². The maximum Gasteiger partial charge on any atom is 0.407 e. The number of rotatable bonds is 4. The third kappa shape index (κ3) is 4.84. The van der Waals surface area contributed by atoms with Gasteiger partial charge in [-0.15, -0.1) is 0 Å². The zero-order valence-electron chi connectivity index (χ0n) is 11.7. The van der Waals surface area contributed by atoms with E-state index in [9.17, 15) is 4.79 Å². The van der Waals surface area contributed by atoms with Crippen LogP contribution in [0, 0.1) is 0 Å². The number of amides is 1. The number of alkyl carbamates (subject to hydrolysis) is 1. The van der Waals surface area contributed by atoms with Crippen molar-refractivity contribution in [1.82, 2.24) is 10.6 Å². The van der Waals surface area contributed by atoms with Crippen LogP contribution in [0.15, 0.2) is 16.8 Å². The van der Waals surface area contributed by atoms with Gasteiger partial charge in [-0.2, -0.15) is 11.3 Å². The second kappa shape index (κ2) is 5.92. The lowest BCUT2D eigenvalue weighted by Gasteiger charge is -2.36. The zero-order valence-corrected chi connectivity index (χ0v) is 12.5. The smallest absolute Gasteiger partial charge is 0.407 e. The minimum absolute atomic E-state index is 0.245. The first-order valence-corrected chi connectivity index (χ1v) is 7.60. The summed E-state index contributed by atoms with van der Waals surface area (Å²) in [6, 6.07) is 2.88. The van der Waals surface area contributed by atoms with Gasteiger partial charge in [-0.1, -0.05) is 0 Å². The number of thiophene rings is 1. The van der Waals surface area contributed by atoms with E-state index in [0.29, 0.717) is 6.04 Å². The van der Waals surface area contributed by atoms with E-state index in [1.54, 1.807) is 11.3 Å². The van der Waals surface area contributed by atoms with E-state index in [1.165, 1.54) is 5.56 Å². The molecular weight excluding hydrogens is 260 g/mol. The molecule has 1 aliphatic carbocycles. The van der Waals surface area contributed by atoms with Crippen LogP contribution >= 0.6 is 11.3 Å². The van der Waals surface area contributed by atoms with Gasteiger partial charge < -0.3 is 15.4 Å². The highest BCUT2D eigenvalue weighted by molar-refractivity contribution is 7.07. The summed E-state index contributed by atoms with van der Waals surface area (Å²) in [7, 11) is 0. The third-order valence-electron chi connectivity index (χ3n) is 3.03. The molecule has 0 bridgehead atoms. The number of carbonyl (C=O) groups is 1. The van der Waals surface area contributed by atoms with Gasteiger partial charge in [0.1, 0.15) is 5.60 Å². The number of carbonyl (C=O) groups excluding carboxylic acids is 1. The van der Waals surface area contributed by atoms with Gasteiger partial charge in [0.05, 0.1) is 0 Å². The quantitative estimate of drug-likeness (QED) is 0.893. The Morgan fingerprint density at radius 1 is 1.42 bits per heavy atom. The molecular formula is C14H22N2O2S.